The summed E-state index contributed by atoms with van der Waals surface area (Å²) >= 11 is 0. The Bertz CT molecular complexity index is 428. The molecule has 0 radical (unpaired) electrons. The van der Waals surface area contributed by atoms with Gasteiger partial charge in [0.1, 0.15) is 0 Å². The number of nitrogens with one attached hydrogen (secondary N) is 2. The van der Waals surface area contributed by atoms with E-state index in [9.17, 15) is 8.42 Å². The first-order chi connectivity index (χ1) is 7.49. The SMILES string of the molecule is CCC(C)Nc1ccc(S(=O)(=O)NO)cc1. The molecule has 0 heterocycles. The summed E-state index contributed by atoms with van der Waals surface area (Å²) in [4.78, 5) is 1.31. The molecule has 0 amide bonds. The standard InChI is InChI=1S/C10H16N2O3S/c1-3-8(2)11-9-4-6-10(7-5-9)16(14,15)12-13/h4-8,11-13H,3H2,1-2H3. The van der Waals surface area contributed by atoms with Crippen LogP contribution in [0.5, 0.6) is 0 Å². The largest absolute Gasteiger partial charge is 0.383 e. The van der Waals surface area contributed by atoms with E-state index in [-0.39, 0.29) is 4.90 Å². The predicted octanol–water partition coefficient (Wildman–Crippen LogP) is 1.56. The van der Waals surface area contributed by atoms with E-state index in [4.69, 9.17) is 5.21 Å². The molecule has 0 aliphatic carbocycles. The van der Waals surface area contributed by atoms with Crippen molar-refractivity contribution in [2.75, 3.05) is 5.32 Å². The van der Waals surface area contributed by atoms with E-state index in [1.54, 1.807) is 12.1 Å². The molecule has 16 heavy (non-hydrogen) atoms. The zero-order valence-electron chi connectivity index (χ0n) is 9.27. The van der Waals surface area contributed by atoms with E-state index < -0.39 is 10.0 Å². The molecule has 1 aromatic carbocycles. The molecule has 1 atom stereocenters. The monoisotopic (exact) mass is 244 g/mol. The van der Waals surface area contributed by atoms with Gasteiger partial charge in [-0.15, -0.1) is 0 Å². The highest BCUT2D eigenvalue weighted by Gasteiger charge is 2.11. The fourth-order valence-corrected chi connectivity index (χ4v) is 1.77. The Kier molecular flexibility index (Phi) is 4.28. The Balaban J connectivity index is 2.84. The van der Waals surface area contributed by atoms with Crippen molar-refractivity contribution in [3.05, 3.63) is 24.3 Å². The topological polar surface area (TPSA) is 78.4 Å². The lowest BCUT2D eigenvalue weighted by molar-refractivity contribution is 0.242. The predicted molar refractivity (Wildman–Crippen MR) is 61.9 cm³/mol. The van der Waals surface area contributed by atoms with Crippen molar-refractivity contribution in [3.8, 4) is 0 Å². The van der Waals surface area contributed by atoms with Gasteiger partial charge >= 0.3 is 0 Å². The summed E-state index contributed by atoms with van der Waals surface area (Å²) in [5.41, 5.74) is 0.853. The molecule has 0 aromatic heterocycles. The van der Waals surface area contributed by atoms with E-state index in [0.717, 1.165) is 12.1 Å². The molecular formula is C10H16N2O3S. The van der Waals surface area contributed by atoms with Crippen LogP contribution in [-0.4, -0.2) is 19.7 Å². The van der Waals surface area contributed by atoms with Crippen LogP contribution < -0.4 is 10.2 Å². The second-order valence-electron chi connectivity index (χ2n) is 3.57. The molecule has 90 valence electrons. The highest BCUT2D eigenvalue weighted by molar-refractivity contribution is 7.89. The van der Waals surface area contributed by atoms with Crippen molar-refractivity contribution in [2.45, 2.75) is 31.2 Å². The highest BCUT2D eigenvalue weighted by Crippen LogP contribution is 2.14. The first-order valence-electron chi connectivity index (χ1n) is 5.02. The molecule has 0 fully saturated rings. The third-order valence-electron chi connectivity index (χ3n) is 2.31. The van der Waals surface area contributed by atoms with Crippen LogP contribution in [0.4, 0.5) is 5.69 Å². The summed E-state index contributed by atoms with van der Waals surface area (Å²) in [5, 5.41) is 11.7. The normalized spacial score (nSPS) is 13.4. The first-order valence-corrected chi connectivity index (χ1v) is 6.50. The summed E-state index contributed by atoms with van der Waals surface area (Å²) in [5.74, 6) is 0. The quantitative estimate of drug-likeness (QED) is 0.687. The third-order valence-corrected chi connectivity index (χ3v) is 3.44. The van der Waals surface area contributed by atoms with Crippen LogP contribution in [0, 0.1) is 0 Å². The van der Waals surface area contributed by atoms with Gasteiger partial charge in [0.25, 0.3) is 10.0 Å². The number of hydrogen-bond donors (Lipinski definition) is 3. The summed E-state index contributed by atoms with van der Waals surface area (Å²) in [6.07, 6.45) is 0.984. The van der Waals surface area contributed by atoms with Gasteiger partial charge in [0.05, 0.1) is 4.90 Å². The summed E-state index contributed by atoms with van der Waals surface area (Å²) in [6, 6.07) is 6.53. The van der Waals surface area contributed by atoms with Gasteiger partial charge in [0, 0.05) is 11.7 Å². The molecule has 6 heteroatoms. The second-order valence-corrected chi connectivity index (χ2v) is 5.23. The molecule has 3 N–H and O–H groups in total. The van der Waals surface area contributed by atoms with E-state index in [0.29, 0.717) is 6.04 Å². The Morgan fingerprint density at radius 3 is 2.31 bits per heavy atom. The van der Waals surface area contributed by atoms with Gasteiger partial charge in [-0.1, -0.05) is 11.8 Å². The minimum atomic E-state index is -3.77. The number of anilines is 1. The molecule has 0 saturated heterocycles. The van der Waals surface area contributed by atoms with Crippen LogP contribution in [-0.2, 0) is 10.0 Å². The van der Waals surface area contributed by atoms with Gasteiger partial charge in [0.15, 0.2) is 0 Å². The van der Waals surface area contributed by atoms with Crippen LogP contribution in [0.1, 0.15) is 20.3 Å². The van der Waals surface area contributed by atoms with Crippen LogP contribution in [0.25, 0.3) is 0 Å². The van der Waals surface area contributed by atoms with Crippen LogP contribution in [0.3, 0.4) is 0 Å². The molecule has 0 aliphatic rings. The number of benzene rings is 1. The minimum Gasteiger partial charge on any atom is -0.383 e. The molecular weight excluding hydrogens is 228 g/mol. The van der Waals surface area contributed by atoms with Crippen LogP contribution in [0.15, 0.2) is 29.2 Å². The zero-order valence-corrected chi connectivity index (χ0v) is 10.1. The van der Waals surface area contributed by atoms with Gasteiger partial charge in [0.2, 0.25) is 0 Å². The molecule has 0 aliphatic heterocycles. The molecule has 5 nitrogen and oxygen atoms in total. The minimum absolute atomic E-state index is 0.0321. The summed E-state index contributed by atoms with van der Waals surface area (Å²) in [7, 11) is -3.77. The Morgan fingerprint density at radius 1 is 1.31 bits per heavy atom. The fourth-order valence-electron chi connectivity index (χ4n) is 1.17. The van der Waals surface area contributed by atoms with Gasteiger partial charge < -0.3 is 10.5 Å². The molecule has 0 spiro atoms. The lowest BCUT2D eigenvalue weighted by atomic mass is 10.2. The van der Waals surface area contributed by atoms with Crippen molar-refractivity contribution in [1.82, 2.24) is 4.89 Å². The van der Waals surface area contributed by atoms with E-state index in [2.05, 4.69) is 12.2 Å². The molecule has 1 unspecified atom stereocenters. The smallest absolute Gasteiger partial charge is 0.262 e. The lowest BCUT2D eigenvalue weighted by Crippen LogP contribution is -2.19. The van der Waals surface area contributed by atoms with Crippen molar-refractivity contribution in [2.24, 2.45) is 0 Å². The van der Waals surface area contributed by atoms with Crippen LogP contribution >= 0.6 is 0 Å². The van der Waals surface area contributed by atoms with E-state index in [1.165, 1.54) is 17.0 Å². The van der Waals surface area contributed by atoms with Gasteiger partial charge in [-0.05, 0) is 37.6 Å². The lowest BCUT2D eigenvalue weighted by Gasteiger charge is -2.13. The molecule has 1 aromatic rings. The van der Waals surface area contributed by atoms with E-state index >= 15 is 0 Å². The molecule has 0 bridgehead atoms. The Labute approximate surface area is 95.5 Å². The molecule has 1 rings (SSSR count). The number of hydrogen-bond acceptors (Lipinski definition) is 4. The van der Waals surface area contributed by atoms with Gasteiger partial charge in [-0.3, -0.25) is 0 Å². The maximum atomic E-state index is 11.2. The fraction of sp³-hybridized carbons (Fsp3) is 0.400. The number of sulfonamides is 1. The van der Waals surface area contributed by atoms with Crippen molar-refractivity contribution >= 4 is 15.7 Å². The zero-order chi connectivity index (χ0) is 12.2. The summed E-state index contributed by atoms with van der Waals surface area (Å²) in [6.45, 7) is 4.10. The van der Waals surface area contributed by atoms with Crippen molar-refractivity contribution < 1.29 is 13.6 Å². The average molecular weight is 244 g/mol. The Hall–Kier alpha value is -1.11. The van der Waals surface area contributed by atoms with Gasteiger partial charge in [-0.25, -0.2) is 8.42 Å². The van der Waals surface area contributed by atoms with E-state index in [1.807, 2.05) is 6.92 Å². The summed E-state index contributed by atoms with van der Waals surface area (Å²) < 4.78 is 22.4. The van der Waals surface area contributed by atoms with Crippen LogP contribution in [0.2, 0.25) is 0 Å². The highest BCUT2D eigenvalue weighted by atomic mass is 32.2. The maximum Gasteiger partial charge on any atom is 0.262 e. The average Bonchev–Trinajstić information content (AvgIpc) is 2.29. The second kappa shape index (κ2) is 5.29. The van der Waals surface area contributed by atoms with Gasteiger partial charge in [-0.2, -0.15) is 0 Å². The maximum absolute atomic E-state index is 11.2. The third kappa shape index (κ3) is 3.19. The first kappa shape index (κ1) is 13.0. The Morgan fingerprint density at radius 2 is 1.88 bits per heavy atom. The van der Waals surface area contributed by atoms with Crippen molar-refractivity contribution in [1.29, 1.82) is 0 Å². The molecule has 0 saturated carbocycles. The number of rotatable bonds is 5. The van der Waals surface area contributed by atoms with Crippen molar-refractivity contribution in [3.63, 3.8) is 0 Å².